The Morgan fingerprint density at radius 2 is 2.21 bits per heavy atom. The van der Waals surface area contributed by atoms with Crippen LogP contribution in [0.2, 0.25) is 0 Å². The number of amides is 2. The van der Waals surface area contributed by atoms with Crippen LogP contribution >= 0.6 is 23.5 Å². The van der Waals surface area contributed by atoms with Crippen LogP contribution in [0.3, 0.4) is 0 Å². The summed E-state index contributed by atoms with van der Waals surface area (Å²) >= 11 is 3.97. The number of thioether (sulfide) groups is 2. The van der Waals surface area contributed by atoms with Crippen molar-refractivity contribution < 1.29 is 4.79 Å². The molecular weight excluding hydrogens is 340 g/mol. The number of carbonyl (C=O) groups is 1. The zero-order chi connectivity index (χ0) is 16.6. The average Bonchev–Trinajstić information content (AvgIpc) is 3.13. The van der Waals surface area contributed by atoms with Crippen LogP contribution in [0.25, 0.3) is 0 Å². The SMILES string of the molecule is O=C(NCCCn1ccnc1)Nc1cccc(C2SCCCS2)c1. The Balaban J connectivity index is 1.43. The molecule has 0 saturated carbocycles. The van der Waals surface area contributed by atoms with Gasteiger partial charge in [0, 0.05) is 31.2 Å². The van der Waals surface area contributed by atoms with E-state index < -0.39 is 0 Å². The molecule has 0 aliphatic carbocycles. The van der Waals surface area contributed by atoms with Gasteiger partial charge in [-0.2, -0.15) is 0 Å². The molecule has 0 atom stereocenters. The van der Waals surface area contributed by atoms with Gasteiger partial charge in [-0.25, -0.2) is 9.78 Å². The van der Waals surface area contributed by atoms with Gasteiger partial charge < -0.3 is 15.2 Å². The Bertz CT molecular complexity index is 642. The summed E-state index contributed by atoms with van der Waals surface area (Å²) in [6.07, 6.45) is 7.63. The number of nitrogens with zero attached hydrogens (tertiary/aromatic N) is 2. The van der Waals surface area contributed by atoms with E-state index in [0.717, 1.165) is 18.7 Å². The third kappa shape index (κ3) is 5.21. The maximum absolute atomic E-state index is 12.0. The number of anilines is 1. The molecule has 5 nitrogen and oxygen atoms in total. The molecule has 0 spiro atoms. The third-order valence-corrected chi connectivity index (χ3v) is 6.70. The number of benzene rings is 1. The first-order valence-electron chi connectivity index (χ1n) is 8.15. The number of nitrogens with one attached hydrogen (secondary N) is 2. The highest BCUT2D eigenvalue weighted by atomic mass is 32.2. The monoisotopic (exact) mass is 362 g/mol. The molecule has 2 N–H and O–H groups in total. The van der Waals surface area contributed by atoms with E-state index in [2.05, 4.69) is 27.8 Å². The summed E-state index contributed by atoms with van der Waals surface area (Å²) in [6, 6.07) is 8.03. The van der Waals surface area contributed by atoms with E-state index in [-0.39, 0.29) is 6.03 Å². The summed E-state index contributed by atoms with van der Waals surface area (Å²) in [7, 11) is 0. The van der Waals surface area contributed by atoms with Gasteiger partial charge in [0.05, 0.1) is 10.9 Å². The maximum Gasteiger partial charge on any atom is 0.319 e. The highest BCUT2D eigenvalue weighted by Crippen LogP contribution is 2.43. The Kier molecular flexibility index (Phi) is 6.48. The molecule has 24 heavy (non-hydrogen) atoms. The second-order valence-electron chi connectivity index (χ2n) is 5.59. The van der Waals surface area contributed by atoms with Crippen molar-refractivity contribution in [2.45, 2.75) is 24.0 Å². The quantitative estimate of drug-likeness (QED) is 0.764. The summed E-state index contributed by atoms with van der Waals surface area (Å²) in [5, 5.41) is 5.83. The van der Waals surface area contributed by atoms with E-state index >= 15 is 0 Å². The highest BCUT2D eigenvalue weighted by molar-refractivity contribution is 8.16. The summed E-state index contributed by atoms with van der Waals surface area (Å²) in [6.45, 7) is 1.49. The molecule has 0 radical (unpaired) electrons. The lowest BCUT2D eigenvalue weighted by Crippen LogP contribution is -2.30. The van der Waals surface area contributed by atoms with Crippen molar-refractivity contribution in [2.75, 3.05) is 23.4 Å². The smallest absolute Gasteiger partial charge is 0.319 e. The fourth-order valence-electron chi connectivity index (χ4n) is 2.50. The zero-order valence-electron chi connectivity index (χ0n) is 13.5. The molecule has 0 unspecified atom stereocenters. The topological polar surface area (TPSA) is 59.0 Å². The van der Waals surface area contributed by atoms with Gasteiger partial charge in [0.2, 0.25) is 0 Å². The number of aromatic nitrogens is 2. The van der Waals surface area contributed by atoms with Crippen molar-refractivity contribution in [3.63, 3.8) is 0 Å². The van der Waals surface area contributed by atoms with E-state index in [1.54, 1.807) is 12.5 Å². The van der Waals surface area contributed by atoms with Gasteiger partial charge in [-0.15, -0.1) is 23.5 Å². The fourth-order valence-corrected chi connectivity index (χ4v) is 5.37. The van der Waals surface area contributed by atoms with Crippen LogP contribution in [-0.2, 0) is 6.54 Å². The Morgan fingerprint density at radius 3 is 3.00 bits per heavy atom. The first-order valence-corrected chi connectivity index (χ1v) is 10.2. The normalized spacial score (nSPS) is 15.2. The molecule has 1 aromatic heterocycles. The van der Waals surface area contributed by atoms with Gasteiger partial charge >= 0.3 is 6.03 Å². The van der Waals surface area contributed by atoms with Crippen LogP contribution < -0.4 is 10.6 Å². The minimum atomic E-state index is -0.151. The summed E-state index contributed by atoms with van der Waals surface area (Å²) < 4.78 is 2.49. The van der Waals surface area contributed by atoms with Crippen molar-refractivity contribution >= 4 is 35.2 Å². The molecule has 0 bridgehead atoms. The lowest BCUT2D eigenvalue weighted by molar-refractivity contribution is 0.252. The van der Waals surface area contributed by atoms with E-state index in [9.17, 15) is 4.79 Å². The number of aryl methyl sites for hydroxylation is 1. The molecule has 3 rings (SSSR count). The summed E-state index contributed by atoms with van der Waals surface area (Å²) in [5.41, 5.74) is 2.13. The molecular formula is C17H22N4OS2. The number of carbonyl (C=O) groups excluding carboxylic acids is 1. The zero-order valence-corrected chi connectivity index (χ0v) is 15.1. The van der Waals surface area contributed by atoms with Crippen molar-refractivity contribution in [1.29, 1.82) is 0 Å². The van der Waals surface area contributed by atoms with Crippen LogP contribution in [-0.4, -0.2) is 33.6 Å². The Morgan fingerprint density at radius 1 is 1.33 bits per heavy atom. The lowest BCUT2D eigenvalue weighted by Gasteiger charge is -2.21. The predicted octanol–water partition coefficient (Wildman–Crippen LogP) is 3.96. The third-order valence-electron chi connectivity index (χ3n) is 3.68. The van der Waals surface area contributed by atoms with Crippen molar-refractivity contribution in [2.24, 2.45) is 0 Å². The standard InChI is InChI=1S/C17H22N4OS2/c22-17(19-6-2-8-21-9-7-18-13-21)20-15-5-1-4-14(12-15)16-23-10-3-11-24-16/h1,4-5,7,9,12-13,16H,2-3,6,8,10-11H2,(H2,19,20,22). The van der Waals surface area contributed by atoms with Gasteiger partial charge in [-0.1, -0.05) is 12.1 Å². The summed E-state index contributed by atoms with van der Waals surface area (Å²) in [5.74, 6) is 2.43. The lowest BCUT2D eigenvalue weighted by atomic mass is 10.2. The highest BCUT2D eigenvalue weighted by Gasteiger charge is 2.16. The molecule has 2 aromatic rings. The van der Waals surface area contributed by atoms with Crippen LogP contribution in [0.15, 0.2) is 43.0 Å². The van der Waals surface area contributed by atoms with Crippen molar-refractivity contribution in [1.82, 2.24) is 14.9 Å². The van der Waals surface area contributed by atoms with E-state index in [1.807, 2.05) is 46.4 Å². The minimum absolute atomic E-state index is 0.151. The van der Waals surface area contributed by atoms with Gasteiger partial charge in [0.1, 0.15) is 0 Å². The minimum Gasteiger partial charge on any atom is -0.338 e. The first-order chi connectivity index (χ1) is 11.8. The van der Waals surface area contributed by atoms with Crippen LogP contribution in [0.1, 0.15) is 23.0 Å². The van der Waals surface area contributed by atoms with E-state index in [1.165, 1.54) is 23.5 Å². The summed E-state index contributed by atoms with van der Waals surface area (Å²) in [4.78, 5) is 16.0. The molecule has 1 fully saturated rings. The number of rotatable bonds is 6. The number of hydrogen-bond donors (Lipinski definition) is 2. The molecule has 7 heteroatoms. The second kappa shape index (κ2) is 9.03. The molecule has 1 aliphatic heterocycles. The molecule has 1 aliphatic rings. The van der Waals surface area contributed by atoms with Crippen molar-refractivity contribution in [3.05, 3.63) is 48.5 Å². The molecule has 1 aromatic carbocycles. The van der Waals surface area contributed by atoms with Crippen LogP contribution in [0, 0.1) is 0 Å². The van der Waals surface area contributed by atoms with Gasteiger partial charge in [-0.3, -0.25) is 0 Å². The molecule has 1 saturated heterocycles. The second-order valence-corrected chi connectivity index (χ2v) is 8.31. The number of imidazole rings is 1. The van der Waals surface area contributed by atoms with E-state index in [4.69, 9.17) is 0 Å². The molecule has 2 amide bonds. The molecule has 2 heterocycles. The van der Waals surface area contributed by atoms with Crippen LogP contribution in [0.4, 0.5) is 10.5 Å². The predicted molar refractivity (Wildman–Crippen MR) is 103 cm³/mol. The van der Waals surface area contributed by atoms with Crippen LogP contribution in [0.5, 0.6) is 0 Å². The van der Waals surface area contributed by atoms with E-state index in [0.29, 0.717) is 11.1 Å². The first kappa shape index (κ1) is 17.2. The Labute approximate surface area is 151 Å². The van der Waals surface area contributed by atoms with Gasteiger partial charge in [0.25, 0.3) is 0 Å². The number of hydrogen-bond acceptors (Lipinski definition) is 4. The number of urea groups is 1. The Hall–Kier alpha value is -1.60. The largest absolute Gasteiger partial charge is 0.338 e. The van der Waals surface area contributed by atoms with Gasteiger partial charge in [-0.05, 0) is 42.0 Å². The maximum atomic E-state index is 12.0. The molecule has 128 valence electrons. The average molecular weight is 363 g/mol. The van der Waals surface area contributed by atoms with Crippen molar-refractivity contribution in [3.8, 4) is 0 Å². The fraction of sp³-hybridized carbons (Fsp3) is 0.412. The van der Waals surface area contributed by atoms with Gasteiger partial charge in [0.15, 0.2) is 0 Å².